The summed E-state index contributed by atoms with van der Waals surface area (Å²) in [5.41, 5.74) is 1.25. The van der Waals surface area contributed by atoms with Gasteiger partial charge in [0.25, 0.3) is 11.8 Å². The van der Waals surface area contributed by atoms with E-state index in [-0.39, 0.29) is 43.8 Å². The van der Waals surface area contributed by atoms with Gasteiger partial charge < -0.3 is 38.8 Å². The van der Waals surface area contributed by atoms with Gasteiger partial charge >= 0.3 is 6.09 Å². The highest BCUT2D eigenvalue weighted by molar-refractivity contribution is 6.59. The van der Waals surface area contributed by atoms with Crippen molar-refractivity contribution in [1.82, 2.24) is 14.8 Å². The normalized spacial score (nSPS) is 22.1. The van der Waals surface area contributed by atoms with Gasteiger partial charge in [-0.05, 0) is 93.6 Å². The van der Waals surface area contributed by atoms with E-state index in [1.165, 1.54) is 0 Å². The predicted molar refractivity (Wildman–Crippen MR) is 165 cm³/mol. The van der Waals surface area contributed by atoms with Crippen LogP contribution in [0.5, 0.6) is 5.75 Å². The maximum Gasteiger partial charge on any atom is 0.402 e. The molecule has 2 N–H and O–H groups in total. The molecule has 2 fully saturated rings. The van der Waals surface area contributed by atoms with E-state index in [9.17, 15) is 19.5 Å². The van der Waals surface area contributed by atoms with Gasteiger partial charge in [0, 0.05) is 31.3 Å². The molecule has 12 heteroatoms. The van der Waals surface area contributed by atoms with Crippen LogP contribution in [0.3, 0.4) is 0 Å². The van der Waals surface area contributed by atoms with Crippen LogP contribution in [0, 0.1) is 0 Å². The Morgan fingerprint density at radius 1 is 1.05 bits per heavy atom. The van der Waals surface area contributed by atoms with Crippen LogP contribution >= 0.6 is 0 Å². The minimum atomic E-state index is -2.38. The fraction of sp³-hybridized carbons (Fsp3) is 0.531. The molecule has 2 saturated heterocycles. The third-order valence-corrected chi connectivity index (χ3v) is 11.5. The van der Waals surface area contributed by atoms with Gasteiger partial charge in [-0.2, -0.15) is 0 Å². The first-order valence-corrected chi connectivity index (χ1v) is 17.2. The molecule has 3 amide bonds. The van der Waals surface area contributed by atoms with E-state index >= 15 is 0 Å². The van der Waals surface area contributed by atoms with Crippen LogP contribution in [-0.4, -0.2) is 98.5 Å². The number of morpholine rings is 1. The molecule has 0 radical (unpaired) electrons. The zero-order chi connectivity index (χ0) is 31.4. The summed E-state index contributed by atoms with van der Waals surface area (Å²) in [7, 11) is -0.838. The summed E-state index contributed by atoms with van der Waals surface area (Å²) in [6.07, 6.45) is 2.49. The van der Waals surface area contributed by atoms with Gasteiger partial charge in [-0.3, -0.25) is 9.59 Å². The van der Waals surface area contributed by atoms with Crippen molar-refractivity contribution in [2.24, 2.45) is 0 Å². The molecule has 11 nitrogen and oxygen atoms in total. The van der Waals surface area contributed by atoms with Crippen LogP contribution in [0.4, 0.5) is 4.79 Å². The maximum atomic E-state index is 13.3. The molecule has 2 aromatic rings. The van der Waals surface area contributed by atoms with Gasteiger partial charge in [0.05, 0.1) is 31.0 Å². The molecule has 3 aliphatic heterocycles. The summed E-state index contributed by atoms with van der Waals surface area (Å²) in [5, 5.41) is 14.1. The number of rotatable bonds is 8. The van der Waals surface area contributed by atoms with E-state index in [0.29, 0.717) is 36.1 Å². The number of hydrogen-bond acceptors (Lipinski definition) is 8. The van der Waals surface area contributed by atoms with Gasteiger partial charge in [0.15, 0.2) is 15.8 Å². The van der Waals surface area contributed by atoms with E-state index in [0.717, 1.165) is 30.4 Å². The lowest BCUT2D eigenvalue weighted by atomic mass is 9.93. The first kappa shape index (κ1) is 32.0. The molecular formula is C32H43N3O8Si. The Morgan fingerprint density at radius 3 is 2.39 bits per heavy atom. The first-order valence-electron chi connectivity index (χ1n) is 15.2. The smallest absolute Gasteiger partial charge is 0.402 e. The van der Waals surface area contributed by atoms with E-state index in [2.05, 4.69) is 5.32 Å². The Morgan fingerprint density at radius 2 is 1.73 bits per heavy atom. The van der Waals surface area contributed by atoms with E-state index in [1.807, 2.05) is 23.1 Å². The van der Waals surface area contributed by atoms with Gasteiger partial charge in [-0.1, -0.05) is 6.07 Å². The number of aliphatic hydroxyl groups excluding tert-OH is 1. The van der Waals surface area contributed by atoms with Crippen LogP contribution in [0.25, 0.3) is 0 Å². The molecule has 3 aliphatic rings. The lowest BCUT2D eigenvalue weighted by Gasteiger charge is -2.45. The second-order valence-electron chi connectivity index (χ2n) is 12.7. The molecule has 0 spiro atoms. The summed E-state index contributed by atoms with van der Waals surface area (Å²) in [6.45, 7) is 6.91. The highest BCUT2D eigenvalue weighted by atomic mass is 28.3. The van der Waals surface area contributed by atoms with Crippen molar-refractivity contribution < 1.29 is 38.4 Å². The lowest BCUT2D eigenvalue weighted by Crippen LogP contribution is -2.58. The van der Waals surface area contributed by atoms with Gasteiger partial charge in [-0.25, -0.2) is 4.79 Å². The van der Waals surface area contributed by atoms with Gasteiger partial charge in [0.2, 0.25) is 0 Å². The molecule has 44 heavy (non-hydrogen) atoms. The van der Waals surface area contributed by atoms with Crippen molar-refractivity contribution in [2.45, 2.75) is 76.0 Å². The zero-order valence-corrected chi connectivity index (χ0v) is 27.1. The van der Waals surface area contributed by atoms with Crippen molar-refractivity contribution in [3.05, 3.63) is 64.7 Å². The molecule has 2 aromatic carbocycles. The number of amides is 3. The highest BCUT2D eigenvalue weighted by Gasteiger charge is 2.39. The minimum absolute atomic E-state index is 0.0167. The number of fused-ring (bicyclic) bond motifs is 3. The quantitative estimate of drug-likeness (QED) is 0.339. The summed E-state index contributed by atoms with van der Waals surface area (Å²) >= 11 is 0. The molecule has 0 saturated carbocycles. The van der Waals surface area contributed by atoms with E-state index < -0.39 is 26.4 Å². The number of carbonyl (C=O) groups excluding carboxylic acids is 3. The molecule has 4 atom stereocenters. The average Bonchev–Trinajstić information content (AvgIpc) is 3.00. The summed E-state index contributed by atoms with van der Waals surface area (Å²) in [6, 6.07) is 13.0. The molecule has 2 bridgehead atoms. The van der Waals surface area contributed by atoms with Crippen molar-refractivity contribution in [1.29, 1.82) is 0 Å². The maximum absolute atomic E-state index is 13.3. The zero-order valence-electron chi connectivity index (χ0n) is 25.9. The number of methoxy groups -OCH3 is 1. The standard InChI is InChI=1S/C32H43N3O8Si/c1-32(2,3)43-31(39)34-16-24-14-27(42-20-40-4)13-12-23(24)19-44(34)28(36)15-33-29(37)21-8-10-22(11-9-21)30(38)35-25-6-5-7-26(35)18-41-17-25/h8-14,25-26,28,36,44H,5-7,15-20H2,1-4H3,(H,33,37)/t25?,26?,28-,44-/m0/s1. The Hall–Kier alpha value is -3.45. The highest BCUT2D eigenvalue weighted by Crippen LogP contribution is 2.30. The first-order chi connectivity index (χ1) is 21.0. The summed E-state index contributed by atoms with van der Waals surface area (Å²) in [4.78, 5) is 41.6. The number of aliphatic hydroxyl groups is 1. The number of nitrogens with zero attached hydrogens (tertiary/aromatic N) is 2. The van der Waals surface area contributed by atoms with Crippen molar-refractivity contribution in [3.8, 4) is 5.75 Å². The van der Waals surface area contributed by atoms with E-state index in [4.69, 9.17) is 18.9 Å². The van der Waals surface area contributed by atoms with Crippen LogP contribution in [-0.2, 0) is 26.8 Å². The number of ether oxygens (including phenoxy) is 4. The SMILES string of the molecule is COCOc1ccc2c(c1)CN(C(=O)OC(C)(C)C)[Si@H]([C@H](O)CNC(=O)c1ccc(C(=O)N3C4CCCC3COC4)cc1)C2. The summed E-state index contributed by atoms with van der Waals surface area (Å²) < 4.78 is 23.6. The number of benzene rings is 2. The fourth-order valence-electron chi connectivity index (χ4n) is 6.18. The third kappa shape index (κ3) is 7.43. The van der Waals surface area contributed by atoms with Gasteiger partial charge in [0.1, 0.15) is 11.4 Å². The topological polar surface area (TPSA) is 127 Å². The van der Waals surface area contributed by atoms with Crippen LogP contribution < -0.4 is 10.1 Å². The summed E-state index contributed by atoms with van der Waals surface area (Å²) in [5.74, 6) is 0.233. The second kappa shape index (κ2) is 13.7. The van der Waals surface area contributed by atoms with Crippen molar-refractivity contribution in [3.63, 3.8) is 0 Å². The predicted octanol–water partition coefficient (Wildman–Crippen LogP) is 2.95. The molecule has 3 heterocycles. The minimum Gasteiger partial charge on any atom is -0.468 e. The van der Waals surface area contributed by atoms with E-state index in [1.54, 1.807) is 56.7 Å². The lowest BCUT2D eigenvalue weighted by molar-refractivity contribution is -0.0565. The van der Waals surface area contributed by atoms with Crippen LogP contribution in [0.2, 0.25) is 0 Å². The number of nitrogens with one attached hydrogen (secondary N) is 1. The molecule has 238 valence electrons. The second-order valence-corrected chi connectivity index (χ2v) is 15.6. The number of piperidine rings is 1. The average molecular weight is 626 g/mol. The third-order valence-electron chi connectivity index (χ3n) is 8.35. The molecule has 0 aromatic heterocycles. The Bertz CT molecular complexity index is 1330. The molecule has 2 unspecified atom stereocenters. The van der Waals surface area contributed by atoms with Gasteiger partial charge in [-0.15, -0.1) is 0 Å². The monoisotopic (exact) mass is 625 g/mol. The Balaban J connectivity index is 1.24. The van der Waals surface area contributed by atoms with Crippen molar-refractivity contribution >= 4 is 26.9 Å². The molecular weight excluding hydrogens is 582 g/mol. The number of carbonyl (C=O) groups is 3. The largest absolute Gasteiger partial charge is 0.468 e. The number of hydrogen-bond donors (Lipinski definition) is 2. The van der Waals surface area contributed by atoms with Crippen LogP contribution in [0.15, 0.2) is 42.5 Å². The fourth-order valence-corrected chi connectivity index (χ4v) is 9.08. The van der Waals surface area contributed by atoms with Crippen LogP contribution in [0.1, 0.15) is 71.9 Å². The Kier molecular flexibility index (Phi) is 9.93. The molecule has 5 rings (SSSR count). The Labute approximate surface area is 260 Å². The molecule has 0 aliphatic carbocycles. The van der Waals surface area contributed by atoms with Crippen molar-refractivity contribution in [2.75, 3.05) is 33.7 Å².